The van der Waals surface area contributed by atoms with Crippen LogP contribution in [0, 0.1) is 5.92 Å². The first-order valence-corrected chi connectivity index (χ1v) is 6.26. The van der Waals surface area contributed by atoms with Gasteiger partial charge < -0.3 is 15.7 Å². The van der Waals surface area contributed by atoms with Crippen molar-refractivity contribution >= 4 is 17.6 Å². The first-order valence-electron chi connectivity index (χ1n) is 6.26. The number of hydrogen-bond donors (Lipinski definition) is 3. The van der Waals surface area contributed by atoms with Gasteiger partial charge in [-0.1, -0.05) is 32.0 Å². The van der Waals surface area contributed by atoms with E-state index in [1.807, 2.05) is 30.3 Å². The summed E-state index contributed by atoms with van der Waals surface area (Å²) in [6, 6.07) is 7.94. The molecule has 0 aliphatic carbocycles. The molecule has 0 saturated carbocycles. The van der Waals surface area contributed by atoms with Crippen molar-refractivity contribution in [3.05, 3.63) is 30.3 Å². The summed E-state index contributed by atoms with van der Waals surface area (Å²) < 4.78 is 0. The number of amides is 1. The molecule has 1 aromatic rings. The van der Waals surface area contributed by atoms with Crippen LogP contribution in [0.1, 0.15) is 20.8 Å². The van der Waals surface area contributed by atoms with Gasteiger partial charge in [0, 0.05) is 5.69 Å². The predicted molar refractivity (Wildman–Crippen MR) is 73.9 cm³/mol. The number of nitrogens with one attached hydrogen (secondary N) is 2. The lowest BCUT2D eigenvalue weighted by Gasteiger charge is -2.21. The normalized spacial score (nSPS) is 13.7. The second-order valence-corrected chi connectivity index (χ2v) is 4.80. The van der Waals surface area contributed by atoms with Gasteiger partial charge in [-0.2, -0.15) is 0 Å². The molecule has 0 bridgehead atoms. The van der Waals surface area contributed by atoms with E-state index in [9.17, 15) is 9.59 Å². The Kier molecular flexibility index (Phi) is 5.36. The molecular formula is C14H20N2O3. The van der Waals surface area contributed by atoms with E-state index >= 15 is 0 Å². The molecule has 0 unspecified atom stereocenters. The molecule has 1 aromatic carbocycles. The SMILES string of the molecule is CC(C)[C@H](NC(=O)[C@H](C)Nc1ccccc1)C(=O)O. The van der Waals surface area contributed by atoms with E-state index in [1.165, 1.54) is 0 Å². The van der Waals surface area contributed by atoms with Crippen LogP contribution in [-0.4, -0.2) is 29.1 Å². The highest BCUT2D eigenvalue weighted by molar-refractivity contribution is 5.88. The Balaban J connectivity index is 2.60. The van der Waals surface area contributed by atoms with E-state index in [0.29, 0.717) is 0 Å². The van der Waals surface area contributed by atoms with E-state index < -0.39 is 18.1 Å². The topological polar surface area (TPSA) is 78.4 Å². The summed E-state index contributed by atoms with van der Waals surface area (Å²) in [7, 11) is 0. The maximum Gasteiger partial charge on any atom is 0.326 e. The largest absolute Gasteiger partial charge is 0.480 e. The number of carbonyl (C=O) groups is 2. The fourth-order valence-electron chi connectivity index (χ4n) is 1.64. The molecule has 0 radical (unpaired) electrons. The summed E-state index contributed by atoms with van der Waals surface area (Å²) in [4.78, 5) is 23.0. The molecular weight excluding hydrogens is 244 g/mol. The van der Waals surface area contributed by atoms with Crippen LogP contribution in [0.3, 0.4) is 0 Å². The van der Waals surface area contributed by atoms with Gasteiger partial charge >= 0.3 is 5.97 Å². The number of rotatable bonds is 6. The van der Waals surface area contributed by atoms with Crippen molar-refractivity contribution in [1.82, 2.24) is 5.32 Å². The zero-order valence-electron chi connectivity index (χ0n) is 11.4. The predicted octanol–water partition coefficient (Wildman–Crippen LogP) is 1.71. The van der Waals surface area contributed by atoms with Crippen molar-refractivity contribution in [2.75, 3.05) is 5.32 Å². The van der Waals surface area contributed by atoms with E-state index in [1.54, 1.807) is 20.8 Å². The van der Waals surface area contributed by atoms with Gasteiger partial charge in [0.15, 0.2) is 0 Å². The number of anilines is 1. The molecule has 0 heterocycles. The standard InChI is InChI=1S/C14H20N2O3/c1-9(2)12(14(18)19)16-13(17)10(3)15-11-7-5-4-6-8-11/h4-10,12,15H,1-3H3,(H,16,17)(H,18,19)/t10-,12-/m0/s1. The zero-order chi connectivity index (χ0) is 14.4. The Labute approximate surface area is 113 Å². The second-order valence-electron chi connectivity index (χ2n) is 4.80. The van der Waals surface area contributed by atoms with E-state index in [4.69, 9.17) is 5.11 Å². The number of carboxylic acid groups (broad SMARTS) is 1. The molecule has 1 rings (SSSR count). The third-order valence-electron chi connectivity index (χ3n) is 2.78. The Bertz CT molecular complexity index is 432. The van der Waals surface area contributed by atoms with Crippen LogP contribution in [0.25, 0.3) is 0 Å². The maximum atomic E-state index is 11.9. The maximum absolute atomic E-state index is 11.9. The number of benzene rings is 1. The molecule has 3 N–H and O–H groups in total. The quantitative estimate of drug-likeness (QED) is 0.731. The van der Waals surface area contributed by atoms with Gasteiger partial charge in [0.05, 0.1) is 0 Å². The molecule has 5 heteroatoms. The highest BCUT2D eigenvalue weighted by atomic mass is 16.4. The number of para-hydroxylation sites is 1. The summed E-state index contributed by atoms with van der Waals surface area (Å²) in [5.74, 6) is -1.51. The van der Waals surface area contributed by atoms with Crippen molar-refractivity contribution in [2.45, 2.75) is 32.9 Å². The van der Waals surface area contributed by atoms with E-state index in [-0.39, 0.29) is 11.8 Å². The number of hydrogen-bond acceptors (Lipinski definition) is 3. The molecule has 0 saturated heterocycles. The van der Waals surface area contributed by atoms with Gasteiger partial charge in [-0.15, -0.1) is 0 Å². The summed E-state index contributed by atoms with van der Waals surface area (Å²) in [6.07, 6.45) is 0. The molecule has 19 heavy (non-hydrogen) atoms. The smallest absolute Gasteiger partial charge is 0.326 e. The monoisotopic (exact) mass is 264 g/mol. The van der Waals surface area contributed by atoms with Gasteiger partial charge in [-0.05, 0) is 25.0 Å². The van der Waals surface area contributed by atoms with Crippen LogP contribution in [0.5, 0.6) is 0 Å². The molecule has 0 aliphatic heterocycles. The Morgan fingerprint density at radius 2 is 1.68 bits per heavy atom. The fourth-order valence-corrected chi connectivity index (χ4v) is 1.64. The van der Waals surface area contributed by atoms with Crippen molar-refractivity contribution < 1.29 is 14.7 Å². The van der Waals surface area contributed by atoms with Crippen LogP contribution in [0.2, 0.25) is 0 Å². The molecule has 0 fully saturated rings. The Morgan fingerprint density at radius 1 is 1.11 bits per heavy atom. The third-order valence-corrected chi connectivity index (χ3v) is 2.78. The summed E-state index contributed by atoms with van der Waals surface area (Å²) >= 11 is 0. The summed E-state index contributed by atoms with van der Waals surface area (Å²) in [5.41, 5.74) is 0.821. The zero-order valence-corrected chi connectivity index (χ0v) is 11.4. The van der Waals surface area contributed by atoms with Crippen molar-refractivity contribution in [3.63, 3.8) is 0 Å². The summed E-state index contributed by atoms with van der Waals surface area (Å²) in [6.45, 7) is 5.21. The molecule has 104 valence electrons. The first kappa shape index (κ1) is 15.0. The van der Waals surface area contributed by atoms with Crippen molar-refractivity contribution in [1.29, 1.82) is 0 Å². The van der Waals surface area contributed by atoms with Gasteiger partial charge in [0.2, 0.25) is 5.91 Å². The van der Waals surface area contributed by atoms with Crippen LogP contribution in [0.15, 0.2) is 30.3 Å². The molecule has 2 atom stereocenters. The molecule has 5 nitrogen and oxygen atoms in total. The van der Waals surface area contributed by atoms with E-state index in [2.05, 4.69) is 10.6 Å². The number of carboxylic acids is 1. The highest BCUT2D eigenvalue weighted by Crippen LogP contribution is 2.08. The first-order chi connectivity index (χ1) is 8.91. The minimum atomic E-state index is -1.02. The minimum Gasteiger partial charge on any atom is -0.480 e. The third kappa shape index (κ3) is 4.62. The lowest BCUT2D eigenvalue weighted by molar-refractivity contribution is -0.143. The minimum absolute atomic E-state index is 0.162. The van der Waals surface area contributed by atoms with Crippen LogP contribution < -0.4 is 10.6 Å². The van der Waals surface area contributed by atoms with Crippen LogP contribution >= 0.6 is 0 Å². The average Bonchev–Trinajstić information content (AvgIpc) is 2.35. The van der Waals surface area contributed by atoms with Gasteiger partial charge in [-0.25, -0.2) is 4.79 Å². The second kappa shape index (κ2) is 6.78. The highest BCUT2D eigenvalue weighted by Gasteiger charge is 2.25. The van der Waals surface area contributed by atoms with E-state index in [0.717, 1.165) is 5.69 Å². The lowest BCUT2D eigenvalue weighted by atomic mass is 10.0. The van der Waals surface area contributed by atoms with Gasteiger partial charge in [0.25, 0.3) is 0 Å². The molecule has 1 amide bonds. The number of aliphatic carboxylic acids is 1. The lowest BCUT2D eigenvalue weighted by Crippen LogP contribution is -2.49. The van der Waals surface area contributed by atoms with Crippen LogP contribution in [-0.2, 0) is 9.59 Å². The molecule has 0 spiro atoms. The van der Waals surface area contributed by atoms with Gasteiger partial charge in [-0.3, -0.25) is 4.79 Å². The average molecular weight is 264 g/mol. The van der Waals surface area contributed by atoms with Crippen LogP contribution in [0.4, 0.5) is 5.69 Å². The Morgan fingerprint density at radius 3 is 2.16 bits per heavy atom. The summed E-state index contributed by atoms with van der Waals surface area (Å²) in [5, 5.41) is 14.6. The fraction of sp³-hybridized carbons (Fsp3) is 0.429. The van der Waals surface area contributed by atoms with Crippen molar-refractivity contribution in [2.24, 2.45) is 5.92 Å². The van der Waals surface area contributed by atoms with Gasteiger partial charge in [0.1, 0.15) is 12.1 Å². The Hall–Kier alpha value is -2.04. The number of carbonyl (C=O) groups excluding carboxylic acids is 1. The molecule has 0 aliphatic rings. The molecule has 0 aromatic heterocycles. The van der Waals surface area contributed by atoms with Crippen molar-refractivity contribution in [3.8, 4) is 0 Å².